The topological polar surface area (TPSA) is 42.3 Å². The molecule has 2 aromatic rings. The smallest absolute Gasteiger partial charge is 0.294 e. The van der Waals surface area contributed by atoms with Crippen LogP contribution >= 0.6 is 0 Å². The van der Waals surface area contributed by atoms with Crippen LogP contribution in [-0.2, 0) is 11.0 Å². The summed E-state index contributed by atoms with van der Waals surface area (Å²) in [7, 11) is 0. The molecule has 1 aromatic carbocycles. The highest BCUT2D eigenvalue weighted by Crippen LogP contribution is 2.31. The van der Waals surface area contributed by atoms with Crippen LogP contribution in [0.2, 0.25) is 0 Å². The summed E-state index contributed by atoms with van der Waals surface area (Å²) in [5.74, 6) is -0.243. The standard InChI is InChI=1S/C18H15F3N2O/c1-2-22-11-3-4-16(24)10-9-15-8-6-13-5-7-14(18(19,20)21)12-17(13)23-15/h2-10,12H,11H2,1H3/b4-3+,10-9+,22-2?. The lowest BCUT2D eigenvalue weighted by molar-refractivity contribution is -0.137. The average molecular weight is 332 g/mol. The van der Waals surface area contributed by atoms with Crippen molar-refractivity contribution in [3.05, 3.63) is 59.8 Å². The minimum atomic E-state index is -4.41. The Hall–Kier alpha value is -2.76. The van der Waals surface area contributed by atoms with Crippen molar-refractivity contribution >= 4 is 29.0 Å². The first kappa shape index (κ1) is 17.6. The zero-order valence-corrected chi connectivity index (χ0v) is 12.9. The van der Waals surface area contributed by atoms with E-state index in [4.69, 9.17) is 0 Å². The second kappa shape index (κ2) is 7.68. The molecule has 0 aliphatic heterocycles. The summed E-state index contributed by atoms with van der Waals surface area (Å²) >= 11 is 0. The lowest BCUT2D eigenvalue weighted by Crippen LogP contribution is -2.04. The van der Waals surface area contributed by atoms with E-state index in [9.17, 15) is 18.0 Å². The van der Waals surface area contributed by atoms with Crippen LogP contribution in [0.1, 0.15) is 18.2 Å². The van der Waals surface area contributed by atoms with Crippen LogP contribution in [-0.4, -0.2) is 23.5 Å². The van der Waals surface area contributed by atoms with Gasteiger partial charge in [-0.3, -0.25) is 9.79 Å². The fourth-order valence-electron chi connectivity index (χ4n) is 1.96. The third-order valence-electron chi connectivity index (χ3n) is 3.13. The molecule has 0 amide bonds. The molecule has 124 valence electrons. The quantitative estimate of drug-likeness (QED) is 0.598. The number of hydrogen-bond donors (Lipinski definition) is 0. The van der Waals surface area contributed by atoms with Crippen LogP contribution in [0.5, 0.6) is 0 Å². The molecule has 0 saturated carbocycles. The van der Waals surface area contributed by atoms with Gasteiger partial charge < -0.3 is 0 Å². The second-order valence-electron chi connectivity index (χ2n) is 4.90. The van der Waals surface area contributed by atoms with Crippen molar-refractivity contribution in [2.24, 2.45) is 4.99 Å². The molecule has 0 unspecified atom stereocenters. The van der Waals surface area contributed by atoms with Crippen molar-refractivity contribution in [1.82, 2.24) is 4.98 Å². The summed E-state index contributed by atoms with van der Waals surface area (Å²) in [5.41, 5.74) is -0.110. The van der Waals surface area contributed by atoms with Gasteiger partial charge in [-0.15, -0.1) is 0 Å². The molecular weight excluding hydrogens is 317 g/mol. The third kappa shape index (κ3) is 4.87. The molecule has 0 spiro atoms. The van der Waals surface area contributed by atoms with Crippen molar-refractivity contribution in [2.45, 2.75) is 13.1 Å². The maximum absolute atomic E-state index is 12.7. The van der Waals surface area contributed by atoms with Gasteiger partial charge in [0, 0.05) is 5.39 Å². The first-order valence-corrected chi connectivity index (χ1v) is 7.21. The van der Waals surface area contributed by atoms with Crippen LogP contribution in [0.3, 0.4) is 0 Å². The fourth-order valence-corrected chi connectivity index (χ4v) is 1.96. The Morgan fingerprint density at radius 1 is 1.21 bits per heavy atom. The van der Waals surface area contributed by atoms with Crippen LogP contribution in [0.25, 0.3) is 17.0 Å². The third-order valence-corrected chi connectivity index (χ3v) is 3.13. The minimum absolute atomic E-state index is 0.229. The van der Waals surface area contributed by atoms with Gasteiger partial charge in [-0.1, -0.05) is 18.2 Å². The number of alkyl halides is 3. The predicted octanol–water partition coefficient (Wildman–Crippen LogP) is 4.48. The highest BCUT2D eigenvalue weighted by Gasteiger charge is 2.30. The van der Waals surface area contributed by atoms with Crippen molar-refractivity contribution in [3.8, 4) is 0 Å². The molecule has 0 atom stereocenters. The Morgan fingerprint density at radius 3 is 2.67 bits per heavy atom. The molecule has 6 heteroatoms. The first-order valence-electron chi connectivity index (χ1n) is 7.21. The number of ketones is 1. The Kier molecular flexibility index (Phi) is 5.63. The number of halogens is 3. The van der Waals surface area contributed by atoms with E-state index in [1.807, 2.05) is 0 Å². The SMILES string of the molecule is CC=NC/C=C/C(=O)/C=C/c1ccc2ccc(C(F)(F)F)cc2n1. The Bertz CT molecular complexity index is 821. The minimum Gasteiger partial charge on any atom is -0.294 e. The van der Waals surface area contributed by atoms with Crippen LogP contribution in [0.15, 0.2) is 53.6 Å². The number of pyridine rings is 1. The number of benzene rings is 1. The van der Waals surface area contributed by atoms with Gasteiger partial charge in [-0.05, 0) is 49.6 Å². The number of carbonyl (C=O) groups is 1. The summed E-state index contributed by atoms with van der Waals surface area (Å²) in [5, 5.41) is 0.601. The monoisotopic (exact) mass is 332 g/mol. The molecule has 0 radical (unpaired) electrons. The number of hydrogen-bond acceptors (Lipinski definition) is 3. The molecule has 0 N–H and O–H groups in total. The van der Waals surface area contributed by atoms with Gasteiger partial charge in [0.15, 0.2) is 5.78 Å². The molecule has 1 heterocycles. The number of fused-ring (bicyclic) bond motifs is 1. The Labute approximate surface area is 137 Å². The zero-order chi connectivity index (χ0) is 17.6. The normalized spacial score (nSPS) is 12.8. The molecule has 0 saturated heterocycles. The molecule has 0 bridgehead atoms. The number of rotatable bonds is 5. The van der Waals surface area contributed by atoms with E-state index >= 15 is 0 Å². The summed E-state index contributed by atoms with van der Waals surface area (Å²) in [6.45, 7) is 2.20. The van der Waals surface area contributed by atoms with Crippen molar-refractivity contribution < 1.29 is 18.0 Å². The molecule has 2 rings (SSSR count). The van der Waals surface area contributed by atoms with Crippen LogP contribution in [0, 0.1) is 0 Å². The lowest BCUT2D eigenvalue weighted by Gasteiger charge is -2.07. The molecule has 0 aliphatic rings. The van der Waals surface area contributed by atoms with Crippen molar-refractivity contribution in [2.75, 3.05) is 6.54 Å². The molecule has 24 heavy (non-hydrogen) atoms. The molecule has 0 fully saturated rings. The van der Waals surface area contributed by atoms with E-state index in [0.717, 1.165) is 12.1 Å². The lowest BCUT2D eigenvalue weighted by atomic mass is 10.1. The largest absolute Gasteiger partial charge is 0.416 e. The molecular formula is C18H15F3N2O. The summed E-state index contributed by atoms with van der Waals surface area (Å²) in [4.78, 5) is 19.7. The number of aliphatic imine (C=N–C) groups is 1. The predicted molar refractivity (Wildman–Crippen MR) is 89.0 cm³/mol. The summed E-state index contributed by atoms with van der Waals surface area (Å²) in [6.07, 6.45) is 3.01. The van der Waals surface area contributed by atoms with Crippen LogP contribution < -0.4 is 0 Å². The van der Waals surface area contributed by atoms with Gasteiger partial charge in [0.2, 0.25) is 0 Å². The summed E-state index contributed by atoms with van der Waals surface area (Å²) in [6, 6.07) is 6.70. The van der Waals surface area contributed by atoms with E-state index in [1.54, 1.807) is 31.3 Å². The number of nitrogens with zero attached hydrogens (tertiary/aromatic N) is 2. The van der Waals surface area contributed by atoms with Gasteiger partial charge in [0.25, 0.3) is 0 Å². The van der Waals surface area contributed by atoms with E-state index in [-0.39, 0.29) is 11.3 Å². The van der Waals surface area contributed by atoms with Gasteiger partial charge in [0.1, 0.15) is 0 Å². The number of carbonyl (C=O) groups excluding carboxylic acids is 1. The van der Waals surface area contributed by atoms with Crippen molar-refractivity contribution in [1.29, 1.82) is 0 Å². The second-order valence-corrected chi connectivity index (χ2v) is 4.90. The van der Waals surface area contributed by atoms with Gasteiger partial charge in [-0.2, -0.15) is 13.2 Å². The zero-order valence-electron chi connectivity index (χ0n) is 12.9. The van der Waals surface area contributed by atoms with Crippen LogP contribution in [0.4, 0.5) is 13.2 Å². The maximum atomic E-state index is 12.7. The Morgan fingerprint density at radius 2 is 1.96 bits per heavy atom. The average Bonchev–Trinajstić information content (AvgIpc) is 2.55. The molecule has 3 nitrogen and oxygen atoms in total. The molecule has 0 aliphatic carbocycles. The fraction of sp³-hybridized carbons (Fsp3) is 0.167. The number of aromatic nitrogens is 1. The van der Waals surface area contributed by atoms with Crippen molar-refractivity contribution in [3.63, 3.8) is 0 Å². The van der Waals surface area contributed by atoms with Gasteiger partial charge in [-0.25, -0.2) is 4.98 Å². The molecule has 1 aromatic heterocycles. The van der Waals surface area contributed by atoms with E-state index < -0.39 is 11.7 Å². The maximum Gasteiger partial charge on any atom is 0.416 e. The van der Waals surface area contributed by atoms with Gasteiger partial charge >= 0.3 is 6.18 Å². The summed E-state index contributed by atoms with van der Waals surface area (Å²) < 4.78 is 38.2. The first-order chi connectivity index (χ1) is 11.4. The number of allylic oxidation sites excluding steroid dienone is 2. The highest BCUT2D eigenvalue weighted by atomic mass is 19.4. The van der Waals surface area contributed by atoms with E-state index in [2.05, 4.69) is 9.98 Å². The Balaban J connectivity index is 2.19. The van der Waals surface area contributed by atoms with E-state index in [1.165, 1.54) is 24.3 Å². The highest BCUT2D eigenvalue weighted by molar-refractivity contribution is 6.02. The van der Waals surface area contributed by atoms with E-state index in [0.29, 0.717) is 17.6 Å². The van der Waals surface area contributed by atoms with Gasteiger partial charge in [0.05, 0.1) is 23.3 Å².